The van der Waals surface area contributed by atoms with Crippen LogP contribution in [0.1, 0.15) is 39.2 Å². The first-order valence-corrected chi connectivity index (χ1v) is 9.99. The second-order valence-corrected chi connectivity index (χ2v) is 7.54. The summed E-state index contributed by atoms with van der Waals surface area (Å²) in [5.41, 5.74) is 1.24. The summed E-state index contributed by atoms with van der Waals surface area (Å²) < 4.78 is 6.68. The molecule has 1 N–H and O–H groups in total. The zero-order valence-electron chi connectivity index (χ0n) is 14.2. The molecule has 0 aliphatic rings. The SMILES string of the molecule is CCCSc1nnc(NC(=O)[C@@H](CC)Oc2ccc(CC)cc2)s1. The summed E-state index contributed by atoms with van der Waals surface area (Å²) in [6.07, 6.45) is 2.09. The van der Waals surface area contributed by atoms with Crippen molar-refractivity contribution < 1.29 is 9.53 Å². The largest absolute Gasteiger partial charge is 0.481 e. The van der Waals surface area contributed by atoms with Crippen LogP contribution < -0.4 is 10.1 Å². The summed E-state index contributed by atoms with van der Waals surface area (Å²) in [6.45, 7) is 6.15. The molecule has 0 fully saturated rings. The summed E-state index contributed by atoms with van der Waals surface area (Å²) in [6, 6.07) is 7.84. The molecule has 1 aromatic carbocycles. The summed E-state index contributed by atoms with van der Waals surface area (Å²) in [5.74, 6) is 1.50. The number of ether oxygens (including phenoxy) is 1. The summed E-state index contributed by atoms with van der Waals surface area (Å²) in [5, 5.41) is 11.4. The first kappa shape index (κ1) is 18.7. The molecule has 0 saturated heterocycles. The van der Waals surface area contributed by atoms with E-state index < -0.39 is 6.10 Å². The van der Waals surface area contributed by atoms with Gasteiger partial charge in [-0.3, -0.25) is 10.1 Å². The minimum Gasteiger partial charge on any atom is -0.481 e. The number of anilines is 1. The van der Waals surface area contributed by atoms with Gasteiger partial charge in [-0.15, -0.1) is 10.2 Å². The molecule has 7 heteroatoms. The molecule has 0 aliphatic carbocycles. The molecule has 130 valence electrons. The molecule has 1 aromatic heterocycles. The van der Waals surface area contributed by atoms with Crippen molar-refractivity contribution in [3.63, 3.8) is 0 Å². The lowest BCUT2D eigenvalue weighted by Crippen LogP contribution is -2.32. The third-order valence-corrected chi connectivity index (χ3v) is 5.52. The average Bonchev–Trinajstić information content (AvgIpc) is 3.05. The first-order valence-electron chi connectivity index (χ1n) is 8.19. The van der Waals surface area contributed by atoms with E-state index in [9.17, 15) is 4.79 Å². The Morgan fingerprint density at radius 2 is 2.00 bits per heavy atom. The first-order chi connectivity index (χ1) is 11.7. The molecule has 2 rings (SSSR count). The average molecular weight is 366 g/mol. The number of nitrogens with zero attached hydrogens (tertiary/aromatic N) is 2. The number of aryl methyl sites for hydroxylation is 1. The fourth-order valence-corrected chi connectivity index (χ4v) is 3.66. The van der Waals surface area contributed by atoms with Crippen LogP contribution >= 0.6 is 23.1 Å². The highest BCUT2D eigenvalue weighted by Crippen LogP contribution is 2.26. The zero-order valence-corrected chi connectivity index (χ0v) is 15.9. The smallest absolute Gasteiger partial charge is 0.267 e. The fraction of sp³-hybridized carbons (Fsp3) is 0.471. The van der Waals surface area contributed by atoms with Gasteiger partial charge in [-0.25, -0.2) is 0 Å². The molecule has 5 nitrogen and oxygen atoms in total. The molecular weight excluding hydrogens is 342 g/mol. The minimum absolute atomic E-state index is 0.194. The number of aromatic nitrogens is 2. The Labute approximate surface area is 151 Å². The van der Waals surface area contributed by atoms with E-state index in [2.05, 4.69) is 29.4 Å². The topological polar surface area (TPSA) is 64.1 Å². The van der Waals surface area contributed by atoms with Crippen LogP contribution in [0.3, 0.4) is 0 Å². The molecule has 0 radical (unpaired) electrons. The highest BCUT2D eigenvalue weighted by Gasteiger charge is 2.20. The second-order valence-electron chi connectivity index (χ2n) is 5.22. The summed E-state index contributed by atoms with van der Waals surface area (Å²) >= 11 is 3.04. The van der Waals surface area contributed by atoms with E-state index in [1.54, 1.807) is 11.8 Å². The number of rotatable bonds is 9. The molecule has 1 atom stereocenters. The van der Waals surface area contributed by atoms with Gasteiger partial charge in [0.25, 0.3) is 5.91 Å². The van der Waals surface area contributed by atoms with Crippen LogP contribution in [-0.4, -0.2) is 28.0 Å². The quantitative estimate of drug-likeness (QED) is 0.527. The van der Waals surface area contributed by atoms with Gasteiger partial charge in [0.05, 0.1) is 0 Å². The number of amides is 1. The van der Waals surface area contributed by atoms with Crippen LogP contribution in [0, 0.1) is 0 Å². The maximum absolute atomic E-state index is 12.4. The zero-order chi connectivity index (χ0) is 17.4. The maximum atomic E-state index is 12.4. The Kier molecular flexibility index (Phi) is 7.52. The van der Waals surface area contributed by atoms with Gasteiger partial charge in [0.1, 0.15) is 5.75 Å². The van der Waals surface area contributed by atoms with Crippen molar-refractivity contribution in [1.29, 1.82) is 0 Å². The van der Waals surface area contributed by atoms with Gasteiger partial charge >= 0.3 is 0 Å². The lowest BCUT2D eigenvalue weighted by Gasteiger charge is -2.16. The summed E-state index contributed by atoms with van der Waals surface area (Å²) in [4.78, 5) is 12.4. The van der Waals surface area contributed by atoms with Gasteiger partial charge in [0.2, 0.25) is 5.13 Å². The van der Waals surface area contributed by atoms with E-state index in [4.69, 9.17) is 4.74 Å². The predicted octanol–water partition coefficient (Wildman–Crippen LogP) is 4.40. The number of carbonyl (C=O) groups is 1. The van der Waals surface area contributed by atoms with Crippen LogP contribution in [0.25, 0.3) is 0 Å². The van der Waals surface area contributed by atoms with E-state index >= 15 is 0 Å². The van der Waals surface area contributed by atoms with Crippen molar-refractivity contribution in [2.45, 2.75) is 50.5 Å². The number of benzene rings is 1. The van der Waals surface area contributed by atoms with Crippen LogP contribution in [0.15, 0.2) is 28.6 Å². The molecule has 24 heavy (non-hydrogen) atoms. The van der Waals surface area contributed by atoms with Crippen molar-refractivity contribution in [2.75, 3.05) is 11.1 Å². The molecule has 0 spiro atoms. The van der Waals surface area contributed by atoms with E-state index in [1.165, 1.54) is 16.9 Å². The molecule has 0 aliphatic heterocycles. The number of carbonyl (C=O) groups excluding carboxylic acids is 1. The third kappa shape index (κ3) is 5.49. The number of hydrogen-bond acceptors (Lipinski definition) is 6. The number of thioether (sulfide) groups is 1. The second kappa shape index (κ2) is 9.64. The van der Waals surface area contributed by atoms with Crippen molar-refractivity contribution in [3.8, 4) is 5.75 Å². The van der Waals surface area contributed by atoms with Gasteiger partial charge in [0.15, 0.2) is 10.4 Å². The van der Waals surface area contributed by atoms with Crippen molar-refractivity contribution in [3.05, 3.63) is 29.8 Å². The highest BCUT2D eigenvalue weighted by atomic mass is 32.2. The van der Waals surface area contributed by atoms with Gasteiger partial charge in [-0.05, 0) is 37.0 Å². The van der Waals surface area contributed by atoms with Gasteiger partial charge in [-0.2, -0.15) is 0 Å². The lowest BCUT2D eigenvalue weighted by atomic mass is 10.2. The molecule has 1 amide bonds. The Morgan fingerprint density at radius 1 is 1.25 bits per heavy atom. The van der Waals surface area contributed by atoms with Crippen molar-refractivity contribution in [1.82, 2.24) is 10.2 Å². The summed E-state index contributed by atoms with van der Waals surface area (Å²) in [7, 11) is 0. The van der Waals surface area contributed by atoms with Crippen LogP contribution in [0.5, 0.6) is 5.75 Å². The molecule has 0 saturated carbocycles. The normalized spacial score (nSPS) is 12.0. The van der Waals surface area contributed by atoms with E-state index in [0.29, 0.717) is 17.3 Å². The molecule has 0 unspecified atom stereocenters. The number of hydrogen-bond donors (Lipinski definition) is 1. The molecular formula is C17H23N3O2S2. The highest BCUT2D eigenvalue weighted by molar-refractivity contribution is 8.01. The minimum atomic E-state index is -0.548. The maximum Gasteiger partial charge on any atom is 0.267 e. The Bertz CT molecular complexity index is 644. The monoisotopic (exact) mass is 365 g/mol. The predicted molar refractivity (Wildman–Crippen MR) is 100 cm³/mol. The third-order valence-electron chi connectivity index (χ3n) is 3.34. The van der Waals surface area contributed by atoms with Crippen LogP contribution in [0.2, 0.25) is 0 Å². The van der Waals surface area contributed by atoms with Gasteiger partial charge in [0, 0.05) is 5.75 Å². The molecule has 0 bridgehead atoms. The number of nitrogens with one attached hydrogen (secondary N) is 1. The van der Waals surface area contributed by atoms with E-state index in [1.807, 2.05) is 31.2 Å². The van der Waals surface area contributed by atoms with Gasteiger partial charge < -0.3 is 4.74 Å². The standard InChI is InChI=1S/C17H23N3O2S2/c1-4-11-23-17-20-19-16(24-17)18-15(21)14(6-3)22-13-9-7-12(5-2)8-10-13/h7-10,14H,4-6,11H2,1-3H3,(H,18,19,21)/t14-/m1/s1. The Morgan fingerprint density at radius 3 is 2.62 bits per heavy atom. The van der Waals surface area contributed by atoms with Crippen molar-refractivity contribution in [2.24, 2.45) is 0 Å². The molecule has 1 heterocycles. The van der Waals surface area contributed by atoms with Gasteiger partial charge in [-0.1, -0.05) is 56.0 Å². The molecule has 2 aromatic rings. The van der Waals surface area contributed by atoms with Crippen LogP contribution in [-0.2, 0) is 11.2 Å². The lowest BCUT2D eigenvalue weighted by molar-refractivity contribution is -0.122. The fourth-order valence-electron chi connectivity index (χ4n) is 1.98. The van der Waals surface area contributed by atoms with E-state index in [0.717, 1.165) is 22.9 Å². The van der Waals surface area contributed by atoms with Crippen LogP contribution in [0.4, 0.5) is 5.13 Å². The van der Waals surface area contributed by atoms with Crippen molar-refractivity contribution >= 4 is 34.1 Å². The van der Waals surface area contributed by atoms with E-state index in [-0.39, 0.29) is 5.91 Å². The Hall–Kier alpha value is -1.60. The Balaban J connectivity index is 1.93.